The summed E-state index contributed by atoms with van der Waals surface area (Å²) in [7, 11) is 0. The van der Waals surface area contributed by atoms with Crippen LogP contribution in [0.1, 0.15) is 58.6 Å². The summed E-state index contributed by atoms with van der Waals surface area (Å²) in [6.07, 6.45) is 6.95. The second-order valence-electron chi connectivity index (χ2n) is 5.01. The fourth-order valence-corrected chi connectivity index (χ4v) is 2.25. The first-order chi connectivity index (χ1) is 9.10. The molecule has 1 aromatic heterocycles. The van der Waals surface area contributed by atoms with Crippen molar-refractivity contribution >= 4 is 11.5 Å². The summed E-state index contributed by atoms with van der Waals surface area (Å²) in [6, 6.07) is 3.64. The number of aliphatic carboxylic acids is 1. The van der Waals surface area contributed by atoms with Crippen LogP contribution in [0, 0.1) is 5.92 Å². The fraction of sp³-hybridized carbons (Fsp3) is 0.562. The van der Waals surface area contributed by atoms with Crippen LogP contribution >= 0.6 is 0 Å². The highest BCUT2D eigenvalue weighted by molar-refractivity contribution is 5.95. The van der Waals surface area contributed by atoms with Gasteiger partial charge in [0.2, 0.25) is 0 Å². The predicted molar refractivity (Wildman–Crippen MR) is 76.9 cm³/mol. The molecule has 1 unspecified atom stereocenters. The Morgan fingerprint density at radius 3 is 2.63 bits per heavy atom. The Labute approximate surface area is 115 Å². The Morgan fingerprint density at radius 2 is 2.16 bits per heavy atom. The number of carbonyl (C=O) groups is 1. The van der Waals surface area contributed by atoms with Gasteiger partial charge in [-0.1, -0.05) is 39.5 Å². The van der Waals surface area contributed by atoms with Gasteiger partial charge in [-0.05, 0) is 31.4 Å². The number of furan rings is 1. The summed E-state index contributed by atoms with van der Waals surface area (Å²) in [4.78, 5) is 11.2. The highest BCUT2D eigenvalue weighted by atomic mass is 16.4. The molecule has 106 valence electrons. The Hall–Kier alpha value is -1.51. The summed E-state index contributed by atoms with van der Waals surface area (Å²) in [5.74, 6) is 0.348. The van der Waals surface area contributed by atoms with Crippen molar-refractivity contribution in [1.82, 2.24) is 0 Å². The Kier molecular flexibility index (Phi) is 6.40. The molecule has 1 rings (SSSR count). The number of unbranched alkanes of at least 4 members (excludes halogenated alkanes) is 1. The van der Waals surface area contributed by atoms with Gasteiger partial charge in [0.05, 0.1) is 6.26 Å². The Bertz CT molecular complexity index is 415. The lowest BCUT2D eigenvalue weighted by atomic mass is 9.89. The van der Waals surface area contributed by atoms with Gasteiger partial charge in [0.1, 0.15) is 5.76 Å². The average Bonchev–Trinajstić information content (AvgIpc) is 2.92. The molecular formula is C16H24O3. The maximum absolute atomic E-state index is 11.2. The minimum Gasteiger partial charge on any atom is -0.478 e. The minimum atomic E-state index is -0.864. The molecule has 0 amide bonds. The lowest BCUT2D eigenvalue weighted by Gasteiger charge is -2.17. The van der Waals surface area contributed by atoms with E-state index in [0.29, 0.717) is 17.3 Å². The summed E-state index contributed by atoms with van der Waals surface area (Å²) >= 11 is 0. The van der Waals surface area contributed by atoms with E-state index < -0.39 is 5.97 Å². The van der Waals surface area contributed by atoms with Crippen LogP contribution in [-0.4, -0.2) is 11.1 Å². The van der Waals surface area contributed by atoms with Crippen molar-refractivity contribution in [3.05, 3.63) is 29.7 Å². The zero-order valence-electron chi connectivity index (χ0n) is 12.1. The van der Waals surface area contributed by atoms with E-state index in [1.807, 2.05) is 6.07 Å². The highest BCUT2D eigenvalue weighted by Gasteiger charge is 2.18. The minimum absolute atomic E-state index is 0.393. The maximum Gasteiger partial charge on any atom is 0.331 e. The van der Waals surface area contributed by atoms with Crippen LogP contribution in [0.2, 0.25) is 0 Å². The van der Waals surface area contributed by atoms with Crippen LogP contribution in [0.25, 0.3) is 5.57 Å². The summed E-state index contributed by atoms with van der Waals surface area (Å²) in [6.45, 7) is 6.00. The van der Waals surface area contributed by atoms with Crippen LogP contribution in [0.5, 0.6) is 0 Å². The van der Waals surface area contributed by atoms with E-state index in [-0.39, 0.29) is 0 Å². The first-order valence-electron chi connectivity index (χ1n) is 7.07. The van der Waals surface area contributed by atoms with E-state index in [9.17, 15) is 9.90 Å². The molecule has 0 saturated carbocycles. The zero-order chi connectivity index (χ0) is 14.3. The molecule has 0 aliphatic rings. The fourth-order valence-electron chi connectivity index (χ4n) is 2.25. The van der Waals surface area contributed by atoms with Crippen LogP contribution in [0.4, 0.5) is 0 Å². The molecule has 0 bridgehead atoms. The van der Waals surface area contributed by atoms with Gasteiger partial charge in [-0.3, -0.25) is 0 Å². The SMILES string of the molecule is CCCCC(CC)CC(=C(C)C(=O)O)c1ccco1. The van der Waals surface area contributed by atoms with Gasteiger partial charge >= 0.3 is 5.97 Å². The first-order valence-corrected chi connectivity index (χ1v) is 7.07. The molecule has 0 saturated heterocycles. The van der Waals surface area contributed by atoms with Crippen LogP contribution in [0.3, 0.4) is 0 Å². The second-order valence-corrected chi connectivity index (χ2v) is 5.01. The number of hydrogen-bond acceptors (Lipinski definition) is 2. The first kappa shape index (κ1) is 15.5. The number of carboxylic acid groups (broad SMARTS) is 1. The van der Waals surface area contributed by atoms with Gasteiger partial charge in [0.25, 0.3) is 0 Å². The van der Waals surface area contributed by atoms with Gasteiger partial charge < -0.3 is 9.52 Å². The molecule has 0 aromatic carbocycles. The molecule has 0 spiro atoms. The van der Waals surface area contributed by atoms with Crippen molar-refractivity contribution in [3.8, 4) is 0 Å². The van der Waals surface area contributed by atoms with Crippen molar-refractivity contribution in [2.24, 2.45) is 5.92 Å². The van der Waals surface area contributed by atoms with Gasteiger partial charge in [-0.15, -0.1) is 0 Å². The molecule has 0 aliphatic carbocycles. The van der Waals surface area contributed by atoms with E-state index in [4.69, 9.17) is 4.42 Å². The van der Waals surface area contributed by atoms with Crippen molar-refractivity contribution in [1.29, 1.82) is 0 Å². The van der Waals surface area contributed by atoms with Crippen LogP contribution in [-0.2, 0) is 4.79 Å². The quantitative estimate of drug-likeness (QED) is 0.690. The largest absolute Gasteiger partial charge is 0.478 e. The van der Waals surface area contributed by atoms with Crippen LogP contribution in [0.15, 0.2) is 28.4 Å². The number of rotatable bonds is 8. The number of allylic oxidation sites excluding steroid dienone is 1. The van der Waals surface area contributed by atoms with Gasteiger partial charge in [0, 0.05) is 11.1 Å². The molecule has 0 fully saturated rings. The predicted octanol–water partition coefficient (Wildman–Crippen LogP) is 4.74. The van der Waals surface area contributed by atoms with E-state index in [1.54, 1.807) is 19.3 Å². The highest BCUT2D eigenvalue weighted by Crippen LogP contribution is 2.30. The van der Waals surface area contributed by atoms with Crippen molar-refractivity contribution < 1.29 is 14.3 Å². The van der Waals surface area contributed by atoms with Gasteiger partial charge in [-0.2, -0.15) is 0 Å². The lowest BCUT2D eigenvalue weighted by molar-refractivity contribution is -0.132. The van der Waals surface area contributed by atoms with E-state index in [0.717, 1.165) is 24.8 Å². The molecule has 0 radical (unpaired) electrons. The molecule has 3 heteroatoms. The molecule has 0 aliphatic heterocycles. The molecule has 1 N–H and O–H groups in total. The van der Waals surface area contributed by atoms with E-state index >= 15 is 0 Å². The molecule has 3 nitrogen and oxygen atoms in total. The summed E-state index contributed by atoms with van der Waals surface area (Å²) in [5, 5.41) is 9.21. The Balaban J connectivity index is 2.93. The zero-order valence-corrected chi connectivity index (χ0v) is 12.1. The standard InChI is InChI=1S/C16H24O3/c1-4-6-8-13(5-2)11-14(12(3)16(17)18)15-9-7-10-19-15/h7,9-10,13H,4-6,8,11H2,1-3H3,(H,17,18). The van der Waals surface area contributed by atoms with E-state index in [2.05, 4.69) is 13.8 Å². The summed E-state index contributed by atoms with van der Waals surface area (Å²) < 4.78 is 5.40. The molecule has 1 aromatic rings. The third kappa shape index (κ3) is 4.58. The summed E-state index contributed by atoms with van der Waals surface area (Å²) in [5.41, 5.74) is 1.23. The molecule has 19 heavy (non-hydrogen) atoms. The van der Waals surface area contributed by atoms with Crippen molar-refractivity contribution in [3.63, 3.8) is 0 Å². The molecule has 1 heterocycles. The molecule has 1 atom stereocenters. The Morgan fingerprint density at radius 1 is 1.42 bits per heavy atom. The normalized spacial score (nSPS) is 14.1. The van der Waals surface area contributed by atoms with Gasteiger partial charge in [-0.25, -0.2) is 4.79 Å². The van der Waals surface area contributed by atoms with Gasteiger partial charge in [0.15, 0.2) is 0 Å². The second kappa shape index (κ2) is 7.82. The smallest absolute Gasteiger partial charge is 0.331 e. The maximum atomic E-state index is 11.2. The number of hydrogen-bond donors (Lipinski definition) is 1. The number of carboxylic acids is 1. The topological polar surface area (TPSA) is 50.4 Å². The lowest BCUT2D eigenvalue weighted by Crippen LogP contribution is -2.06. The third-order valence-electron chi connectivity index (χ3n) is 3.63. The van der Waals surface area contributed by atoms with Crippen LogP contribution < -0.4 is 0 Å². The van der Waals surface area contributed by atoms with Crippen molar-refractivity contribution in [2.75, 3.05) is 0 Å². The average molecular weight is 264 g/mol. The van der Waals surface area contributed by atoms with E-state index in [1.165, 1.54) is 12.8 Å². The molecular weight excluding hydrogens is 240 g/mol. The van der Waals surface area contributed by atoms with Crippen molar-refractivity contribution in [2.45, 2.75) is 52.9 Å². The third-order valence-corrected chi connectivity index (χ3v) is 3.63. The monoisotopic (exact) mass is 264 g/mol.